The molecule has 0 aromatic rings. The number of β-amino-alcohol motifs (C(OH)–C–C–N with tert-alkyl or cyclic N) is 1. The van der Waals surface area contributed by atoms with Gasteiger partial charge in [0.15, 0.2) is 5.60 Å². The van der Waals surface area contributed by atoms with Crippen LogP contribution in [0.2, 0.25) is 0 Å². The first-order valence-corrected chi connectivity index (χ1v) is 6.30. The summed E-state index contributed by atoms with van der Waals surface area (Å²) in [4.78, 5) is 23.5. The minimum Gasteiger partial charge on any atom is -0.444 e. The maximum atomic E-state index is 11.7. The van der Waals surface area contributed by atoms with Crippen molar-refractivity contribution in [3.8, 4) is 0 Å². The lowest BCUT2D eigenvalue weighted by Gasteiger charge is -2.47. The Labute approximate surface area is 112 Å². The normalized spacial score (nSPS) is 19.8. The summed E-state index contributed by atoms with van der Waals surface area (Å²) in [7, 11) is 0. The molecule has 7 heteroatoms. The van der Waals surface area contributed by atoms with E-state index < -0.39 is 28.3 Å². The molecule has 0 spiro atoms. The number of carbonyl (C=O) groups is 1. The zero-order valence-corrected chi connectivity index (χ0v) is 12.0. The van der Waals surface area contributed by atoms with E-state index in [1.807, 2.05) is 0 Å². The van der Waals surface area contributed by atoms with E-state index in [4.69, 9.17) is 4.74 Å². The zero-order chi connectivity index (χ0) is 15.0. The van der Waals surface area contributed by atoms with Crippen molar-refractivity contribution in [3.63, 3.8) is 0 Å². The molecule has 1 saturated heterocycles. The standard InChI is InChI=1S/C12H22N2O5/c1-8(2)9(14(17)18)12(16)6-13(7-12)10(15)19-11(3,4)5/h8-9,16H,6-7H2,1-5H3/t9-/m0/s1. The van der Waals surface area contributed by atoms with E-state index in [-0.39, 0.29) is 19.0 Å². The van der Waals surface area contributed by atoms with Crippen LogP contribution in [0.3, 0.4) is 0 Å². The molecular formula is C12H22N2O5. The molecule has 0 unspecified atom stereocenters. The SMILES string of the molecule is CC(C)[C@H]([N+](=O)[O-])C1(O)CN(C(=O)OC(C)(C)C)C1. The van der Waals surface area contributed by atoms with E-state index in [2.05, 4.69) is 0 Å². The first-order chi connectivity index (χ1) is 8.46. The number of amides is 1. The van der Waals surface area contributed by atoms with Crippen LogP contribution >= 0.6 is 0 Å². The van der Waals surface area contributed by atoms with Gasteiger partial charge in [-0.2, -0.15) is 0 Å². The summed E-state index contributed by atoms with van der Waals surface area (Å²) in [5.41, 5.74) is -2.08. The summed E-state index contributed by atoms with van der Waals surface area (Å²) in [5, 5.41) is 21.2. The van der Waals surface area contributed by atoms with Crippen LogP contribution in [-0.4, -0.2) is 51.4 Å². The highest BCUT2D eigenvalue weighted by Gasteiger charge is 2.57. The predicted molar refractivity (Wildman–Crippen MR) is 68.4 cm³/mol. The van der Waals surface area contributed by atoms with Gasteiger partial charge in [-0.1, -0.05) is 13.8 Å². The van der Waals surface area contributed by atoms with Crippen LogP contribution in [-0.2, 0) is 4.74 Å². The number of aliphatic hydroxyl groups is 1. The van der Waals surface area contributed by atoms with Crippen molar-refractivity contribution in [2.45, 2.75) is 51.9 Å². The zero-order valence-electron chi connectivity index (χ0n) is 12.0. The van der Waals surface area contributed by atoms with Gasteiger partial charge in [0, 0.05) is 10.8 Å². The Balaban J connectivity index is 2.64. The summed E-state index contributed by atoms with van der Waals surface area (Å²) >= 11 is 0. The second-order valence-electron chi connectivity index (χ2n) is 6.41. The van der Waals surface area contributed by atoms with E-state index in [0.29, 0.717) is 0 Å². The molecule has 1 fully saturated rings. The van der Waals surface area contributed by atoms with E-state index in [1.54, 1.807) is 34.6 Å². The van der Waals surface area contributed by atoms with E-state index in [1.165, 1.54) is 4.90 Å². The average Bonchev–Trinajstić information content (AvgIpc) is 2.08. The summed E-state index contributed by atoms with van der Waals surface area (Å²) in [6.07, 6.45) is -0.553. The minimum atomic E-state index is -1.46. The third-order valence-electron chi connectivity index (χ3n) is 2.99. The van der Waals surface area contributed by atoms with Crippen LogP contribution in [0.5, 0.6) is 0 Å². The molecule has 19 heavy (non-hydrogen) atoms. The highest BCUT2D eigenvalue weighted by molar-refractivity contribution is 5.69. The largest absolute Gasteiger partial charge is 0.444 e. The highest BCUT2D eigenvalue weighted by atomic mass is 16.6. The Morgan fingerprint density at radius 3 is 2.21 bits per heavy atom. The molecule has 0 bridgehead atoms. The second kappa shape index (κ2) is 4.96. The molecule has 1 heterocycles. The van der Waals surface area contributed by atoms with Gasteiger partial charge in [-0.05, 0) is 20.8 Å². The van der Waals surface area contributed by atoms with Crippen molar-refractivity contribution in [1.82, 2.24) is 4.90 Å². The van der Waals surface area contributed by atoms with Gasteiger partial charge in [0.25, 0.3) is 0 Å². The van der Waals surface area contributed by atoms with Crippen LogP contribution in [0, 0.1) is 16.0 Å². The van der Waals surface area contributed by atoms with Crippen LogP contribution in [0.1, 0.15) is 34.6 Å². The smallest absolute Gasteiger partial charge is 0.410 e. The lowest BCUT2D eigenvalue weighted by molar-refractivity contribution is -0.559. The van der Waals surface area contributed by atoms with Crippen LogP contribution in [0.4, 0.5) is 4.79 Å². The van der Waals surface area contributed by atoms with Crippen LogP contribution in [0.25, 0.3) is 0 Å². The maximum Gasteiger partial charge on any atom is 0.410 e. The number of nitro groups is 1. The molecule has 1 amide bonds. The molecule has 0 aromatic carbocycles. The molecule has 1 aliphatic heterocycles. The topological polar surface area (TPSA) is 92.9 Å². The molecular weight excluding hydrogens is 252 g/mol. The van der Waals surface area contributed by atoms with Crippen molar-refractivity contribution in [2.24, 2.45) is 5.92 Å². The summed E-state index contributed by atoms with van der Waals surface area (Å²) in [6, 6.07) is -1.08. The predicted octanol–water partition coefficient (Wildman–Crippen LogP) is 1.27. The second-order valence-corrected chi connectivity index (χ2v) is 6.41. The average molecular weight is 274 g/mol. The Hall–Kier alpha value is -1.37. The monoisotopic (exact) mass is 274 g/mol. The fourth-order valence-electron chi connectivity index (χ4n) is 2.32. The quantitative estimate of drug-likeness (QED) is 0.618. The van der Waals surface area contributed by atoms with Gasteiger partial charge in [0.05, 0.1) is 13.1 Å². The van der Waals surface area contributed by atoms with Crippen LogP contribution < -0.4 is 0 Å². The molecule has 0 saturated carbocycles. The Morgan fingerprint density at radius 1 is 1.42 bits per heavy atom. The van der Waals surface area contributed by atoms with Crippen molar-refractivity contribution < 1.29 is 19.6 Å². The number of rotatable bonds is 3. The summed E-state index contributed by atoms with van der Waals surface area (Å²) in [5.74, 6) is -0.305. The molecule has 1 rings (SSSR count). The van der Waals surface area contributed by atoms with Gasteiger partial charge >= 0.3 is 6.09 Å². The molecule has 1 aliphatic rings. The van der Waals surface area contributed by atoms with Gasteiger partial charge in [0.1, 0.15) is 5.60 Å². The number of nitrogens with zero attached hydrogens (tertiary/aromatic N) is 2. The molecule has 0 aromatic heterocycles. The molecule has 0 aliphatic carbocycles. The Morgan fingerprint density at radius 2 is 1.89 bits per heavy atom. The first kappa shape index (κ1) is 15.7. The number of likely N-dealkylation sites (tertiary alicyclic amines) is 1. The van der Waals surface area contributed by atoms with E-state index in [9.17, 15) is 20.0 Å². The fourth-order valence-corrected chi connectivity index (χ4v) is 2.32. The van der Waals surface area contributed by atoms with Crippen molar-refractivity contribution in [3.05, 3.63) is 10.1 Å². The van der Waals surface area contributed by atoms with E-state index >= 15 is 0 Å². The third kappa shape index (κ3) is 3.56. The van der Waals surface area contributed by atoms with Gasteiger partial charge in [0.2, 0.25) is 6.04 Å². The van der Waals surface area contributed by atoms with Gasteiger partial charge < -0.3 is 14.7 Å². The van der Waals surface area contributed by atoms with Gasteiger partial charge in [-0.15, -0.1) is 0 Å². The molecule has 110 valence electrons. The molecule has 0 radical (unpaired) electrons. The maximum absolute atomic E-state index is 11.7. The van der Waals surface area contributed by atoms with Crippen molar-refractivity contribution >= 4 is 6.09 Å². The van der Waals surface area contributed by atoms with Crippen molar-refractivity contribution in [2.75, 3.05) is 13.1 Å². The summed E-state index contributed by atoms with van der Waals surface area (Å²) < 4.78 is 5.14. The van der Waals surface area contributed by atoms with Crippen LogP contribution in [0.15, 0.2) is 0 Å². The fraction of sp³-hybridized carbons (Fsp3) is 0.917. The first-order valence-electron chi connectivity index (χ1n) is 6.30. The van der Waals surface area contributed by atoms with Gasteiger partial charge in [-0.25, -0.2) is 4.79 Å². The Bertz CT molecular complexity index is 369. The number of hydrogen-bond acceptors (Lipinski definition) is 5. The number of carbonyl (C=O) groups excluding carboxylic acids is 1. The molecule has 1 atom stereocenters. The number of hydrogen-bond donors (Lipinski definition) is 1. The Kier molecular flexibility index (Phi) is 4.09. The lowest BCUT2D eigenvalue weighted by atomic mass is 9.81. The minimum absolute atomic E-state index is 0.0637. The number of ether oxygens (including phenoxy) is 1. The summed E-state index contributed by atoms with van der Waals surface area (Å²) in [6.45, 7) is 8.46. The van der Waals surface area contributed by atoms with Crippen molar-refractivity contribution in [1.29, 1.82) is 0 Å². The van der Waals surface area contributed by atoms with Gasteiger partial charge in [-0.3, -0.25) is 10.1 Å². The lowest BCUT2D eigenvalue weighted by Crippen LogP contribution is -2.71. The molecule has 1 N–H and O–H groups in total. The highest BCUT2D eigenvalue weighted by Crippen LogP contribution is 2.31. The third-order valence-corrected chi connectivity index (χ3v) is 2.99. The van der Waals surface area contributed by atoms with E-state index in [0.717, 1.165) is 0 Å². The molecule has 7 nitrogen and oxygen atoms in total.